The van der Waals surface area contributed by atoms with Gasteiger partial charge >= 0.3 is 0 Å². The number of halogens is 3. The lowest BCUT2D eigenvalue weighted by Gasteiger charge is -2.02. The van der Waals surface area contributed by atoms with E-state index in [1.807, 2.05) is 6.07 Å². The predicted molar refractivity (Wildman–Crippen MR) is 56.7 cm³/mol. The molecule has 0 saturated carbocycles. The van der Waals surface area contributed by atoms with Gasteiger partial charge in [-0.3, -0.25) is 4.79 Å². The molecule has 5 heteroatoms. The molecule has 0 aliphatic carbocycles. The van der Waals surface area contributed by atoms with Gasteiger partial charge in [0, 0.05) is 14.5 Å². The zero-order valence-corrected chi connectivity index (χ0v) is 10.1. The molecule has 1 aromatic carbocycles. The summed E-state index contributed by atoms with van der Waals surface area (Å²) in [6, 6.07) is 5.11. The first kappa shape index (κ1) is 10.7. The van der Waals surface area contributed by atoms with Crippen molar-refractivity contribution in [2.24, 2.45) is 0 Å². The van der Waals surface area contributed by atoms with Gasteiger partial charge in [-0.1, -0.05) is 0 Å². The minimum absolute atomic E-state index is 0.293. The molecule has 13 heavy (non-hydrogen) atoms. The van der Waals surface area contributed by atoms with Crippen LogP contribution in [0.4, 0.5) is 0 Å². The molecule has 0 fully saturated rings. The quantitative estimate of drug-likeness (QED) is 0.743. The summed E-state index contributed by atoms with van der Waals surface area (Å²) in [5.74, 6) is 0. The maximum Gasteiger partial charge on any atom is 0.253 e. The molecule has 1 aromatic rings. The van der Waals surface area contributed by atoms with E-state index < -0.39 is 5.24 Å². The minimum atomic E-state index is -0.587. The summed E-state index contributed by atoms with van der Waals surface area (Å²) in [6.07, 6.45) is 0. The maximum absolute atomic E-state index is 10.9. The van der Waals surface area contributed by atoms with Crippen LogP contribution in [0, 0.1) is 11.3 Å². The van der Waals surface area contributed by atoms with Gasteiger partial charge in [-0.15, -0.1) is 0 Å². The lowest BCUT2D eigenvalue weighted by atomic mass is 10.1. The third-order valence-electron chi connectivity index (χ3n) is 1.41. The first-order valence-electron chi connectivity index (χ1n) is 3.16. The second-order valence-electron chi connectivity index (χ2n) is 2.17. The standard InChI is InChI=1S/C8H2Br2ClNO/c9-6-2-1-4(8(11)13)7(10)5(6)3-12/h1-2H. The third-order valence-corrected chi connectivity index (χ3v) is 3.10. The molecule has 0 N–H and O–H groups in total. The van der Waals surface area contributed by atoms with Crippen molar-refractivity contribution in [2.75, 3.05) is 0 Å². The van der Waals surface area contributed by atoms with Crippen LogP contribution in [0.15, 0.2) is 21.1 Å². The lowest BCUT2D eigenvalue weighted by molar-refractivity contribution is 0.108. The van der Waals surface area contributed by atoms with Crippen LogP contribution < -0.4 is 0 Å². The number of carbonyl (C=O) groups is 1. The molecule has 0 bridgehead atoms. The summed E-state index contributed by atoms with van der Waals surface area (Å²) in [6.45, 7) is 0. The number of benzene rings is 1. The van der Waals surface area contributed by atoms with Gasteiger partial charge in [-0.25, -0.2) is 0 Å². The van der Waals surface area contributed by atoms with Crippen LogP contribution in [0.25, 0.3) is 0 Å². The average Bonchev–Trinajstić information content (AvgIpc) is 2.04. The Morgan fingerprint density at radius 2 is 2.08 bits per heavy atom. The van der Waals surface area contributed by atoms with E-state index in [0.29, 0.717) is 20.1 Å². The monoisotopic (exact) mass is 321 g/mol. The summed E-state index contributed by atoms with van der Waals surface area (Å²) < 4.78 is 1.05. The van der Waals surface area contributed by atoms with Crippen molar-refractivity contribution in [3.8, 4) is 6.07 Å². The van der Waals surface area contributed by atoms with Gasteiger partial charge in [-0.2, -0.15) is 5.26 Å². The molecule has 0 unspecified atom stereocenters. The molecule has 66 valence electrons. The smallest absolute Gasteiger partial charge is 0.253 e. The topological polar surface area (TPSA) is 40.9 Å². The molecule has 0 amide bonds. The Bertz CT molecular complexity index is 411. The predicted octanol–water partition coefficient (Wildman–Crippen LogP) is 3.46. The van der Waals surface area contributed by atoms with E-state index in [1.165, 1.54) is 0 Å². The van der Waals surface area contributed by atoms with E-state index in [0.717, 1.165) is 0 Å². The number of rotatable bonds is 1. The molecular weight excluding hydrogens is 321 g/mol. The lowest BCUT2D eigenvalue weighted by Crippen LogP contribution is -1.93. The number of nitrogens with zero attached hydrogens (tertiary/aromatic N) is 1. The van der Waals surface area contributed by atoms with Crippen molar-refractivity contribution in [1.29, 1.82) is 5.26 Å². The van der Waals surface area contributed by atoms with Crippen LogP contribution in [-0.4, -0.2) is 5.24 Å². The molecule has 2 nitrogen and oxygen atoms in total. The van der Waals surface area contributed by atoms with Gasteiger partial charge < -0.3 is 0 Å². The van der Waals surface area contributed by atoms with Gasteiger partial charge in [0.2, 0.25) is 0 Å². The number of hydrogen-bond donors (Lipinski definition) is 0. The van der Waals surface area contributed by atoms with Crippen LogP contribution >= 0.6 is 43.5 Å². The summed E-state index contributed by atoms with van der Waals surface area (Å²) in [4.78, 5) is 10.9. The van der Waals surface area contributed by atoms with E-state index in [2.05, 4.69) is 31.9 Å². The molecule has 0 spiro atoms. The van der Waals surface area contributed by atoms with E-state index >= 15 is 0 Å². The summed E-state index contributed by atoms with van der Waals surface area (Å²) in [7, 11) is 0. The molecule has 1 rings (SSSR count). The summed E-state index contributed by atoms with van der Waals surface area (Å²) >= 11 is 11.6. The molecule has 0 atom stereocenters. The number of nitriles is 1. The van der Waals surface area contributed by atoms with Gasteiger partial charge in [0.1, 0.15) is 6.07 Å². The molecule has 0 saturated heterocycles. The Kier molecular flexibility index (Phi) is 3.48. The Hall–Kier alpha value is -0.370. The molecule has 0 heterocycles. The van der Waals surface area contributed by atoms with Crippen molar-refractivity contribution in [1.82, 2.24) is 0 Å². The normalized spacial score (nSPS) is 9.38. The Balaban J connectivity index is 3.47. The van der Waals surface area contributed by atoms with Crippen molar-refractivity contribution in [3.05, 3.63) is 32.2 Å². The highest BCUT2D eigenvalue weighted by Gasteiger charge is 2.13. The first-order valence-corrected chi connectivity index (χ1v) is 5.12. The van der Waals surface area contributed by atoms with Gasteiger partial charge in [0.25, 0.3) is 5.24 Å². The highest BCUT2D eigenvalue weighted by Crippen LogP contribution is 2.28. The first-order chi connectivity index (χ1) is 6.07. The highest BCUT2D eigenvalue weighted by atomic mass is 79.9. The Morgan fingerprint density at radius 1 is 1.46 bits per heavy atom. The van der Waals surface area contributed by atoms with Gasteiger partial charge in [-0.05, 0) is 55.6 Å². The van der Waals surface area contributed by atoms with Crippen LogP contribution in [-0.2, 0) is 0 Å². The zero-order valence-electron chi connectivity index (χ0n) is 6.14. The molecule has 0 aliphatic rings. The van der Waals surface area contributed by atoms with Crippen molar-refractivity contribution < 1.29 is 4.79 Å². The summed E-state index contributed by atoms with van der Waals surface area (Å²) in [5.41, 5.74) is 0.660. The van der Waals surface area contributed by atoms with E-state index in [9.17, 15) is 4.79 Å². The fourth-order valence-electron chi connectivity index (χ4n) is 0.807. The SMILES string of the molecule is N#Cc1c(Br)ccc(C(=O)Cl)c1Br. The number of hydrogen-bond acceptors (Lipinski definition) is 2. The fraction of sp³-hybridized carbons (Fsp3) is 0. The highest BCUT2D eigenvalue weighted by molar-refractivity contribution is 9.11. The van der Waals surface area contributed by atoms with Gasteiger partial charge in [0.15, 0.2) is 0 Å². The van der Waals surface area contributed by atoms with E-state index in [4.69, 9.17) is 16.9 Å². The maximum atomic E-state index is 10.9. The van der Waals surface area contributed by atoms with Crippen LogP contribution in [0.3, 0.4) is 0 Å². The van der Waals surface area contributed by atoms with E-state index in [-0.39, 0.29) is 0 Å². The second kappa shape index (κ2) is 4.23. The second-order valence-corrected chi connectivity index (χ2v) is 4.16. The number of carbonyl (C=O) groups excluding carboxylic acids is 1. The Labute approximate surface area is 96.8 Å². The molecule has 0 aromatic heterocycles. The average molecular weight is 323 g/mol. The molecular formula is C8H2Br2ClNO. The van der Waals surface area contributed by atoms with Crippen LogP contribution in [0.5, 0.6) is 0 Å². The fourth-order valence-corrected chi connectivity index (χ4v) is 2.38. The van der Waals surface area contributed by atoms with Crippen molar-refractivity contribution in [3.63, 3.8) is 0 Å². The van der Waals surface area contributed by atoms with E-state index in [1.54, 1.807) is 12.1 Å². The van der Waals surface area contributed by atoms with Crippen molar-refractivity contribution in [2.45, 2.75) is 0 Å². The summed E-state index contributed by atoms with van der Waals surface area (Å²) in [5, 5.41) is 8.15. The molecule has 0 aliphatic heterocycles. The van der Waals surface area contributed by atoms with Gasteiger partial charge in [0.05, 0.1) is 5.56 Å². The Morgan fingerprint density at radius 3 is 2.54 bits per heavy atom. The minimum Gasteiger partial charge on any atom is -0.276 e. The third kappa shape index (κ3) is 2.11. The zero-order chi connectivity index (χ0) is 10.0. The molecule has 0 radical (unpaired) electrons. The van der Waals surface area contributed by atoms with Crippen molar-refractivity contribution >= 4 is 48.7 Å². The largest absolute Gasteiger partial charge is 0.276 e. The van der Waals surface area contributed by atoms with Crippen LogP contribution in [0.1, 0.15) is 15.9 Å². The van der Waals surface area contributed by atoms with Crippen LogP contribution in [0.2, 0.25) is 0 Å².